The van der Waals surface area contributed by atoms with Gasteiger partial charge in [-0.2, -0.15) is 0 Å². The highest BCUT2D eigenvalue weighted by molar-refractivity contribution is 7.99. The molecule has 0 aromatic heterocycles. The van der Waals surface area contributed by atoms with Crippen molar-refractivity contribution in [3.05, 3.63) is 146 Å². The van der Waals surface area contributed by atoms with E-state index in [0.29, 0.717) is 45.7 Å². The zero-order valence-corrected chi connectivity index (χ0v) is 25.9. The van der Waals surface area contributed by atoms with Gasteiger partial charge in [-0.3, -0.25) is 0 Å². The van der Waals surface area contributed by atoms with Crippen LogP contribution in [0.25, 0.3) is 0 Å². The molecule has 9 nitrogen and oxygen atoms in total. The van der Waals surface area contributed by atoms with Gasteiger partial charge in [-0.1, -0.05) is 36.0 Å². The normalized spacial score (nSPS) is 10.2. The molecule has 8 N–H and O–H groups in total. The molecule has 236 valence electrons. The van der Waals surface area contributed by atoms with E-state index in [1.165, 1.54) is 0 Å². The molecule has 0 bridgehead atoms. The van der Waals surface area contributed by atoms with Crippen molar-refractivity contribution < 1.29 is 23.7 Å². The predicted molar refractivity (Wildman–Crippen MR) is 187 cm³/mol. The van der Waals surface area contributed by atoms with Gasteiger partial charge in [0.15, 0.2) is 0 Å². The Morgan fingerprint density at radius 1 is 0.404 bits per heavy atom. The Kier molecular flexibility index (Phi) is 10.7. The Bertz CT molecular complexity index is 1800. The number of carbonyl (C=O) groups excluding carboxylic acids is 1. The second kappa shape index (κ2) is 15.6. The van der Waals surface area contributed by atoms with Crippen LogP contribution >= 0.6 is 11.8 Å². The summed E-state index contributed by atoms with van der Waals surface area (Å²) in [7, 11) is 0. The van der Waals surface area contributed by atoms with Crippen LogP contribution in [0.3, 0.4) is 0 Å². The Labute approximate surface area is 276 Å². The minimum Gasteiger partial charge on any atom is -0.457 e. The average molecular weight is 645 g/mol. The molecule has 0 amide bonds. The maximum absolute atomic E-state index is 11.4. The van der Waals surface area contributed by atoms with Crippen LogP contribution in [0.5, 0.6) is 34.5 Å². The number of anilines is 4. The first-order chi connectivity index (χ1) is 22.8. The maximum atomic E-state index is 11.4. The van der Waals surface area contributed by atoms with E-state index in [1.54, 1.807) is 72.4 Å². The molecule has 6 aromatic rings. The summed E-state index contributed by atoms with van der Waals surface area (Å²) in [5, 5.41) is 0. The molecule has 47 heavy (non-hydrogen) atoms. The number of rotatable bonds is 8. The standard InChI is InChI=1S/C24H20N2O2S.C13H12N2O3/c25-17-5-1-7-19(13-17)27-21-9-3-11-23(15-21)29-24-12-4-10-22(16-24)28-20-8-2-6-18(26)14-20;14-9-1-5-11(6-2-9)17-13(16)18-12-7-3-10(15)4-8-12/h1-16H,25-26H2;1-8H,14-15H2. The average Bonchev–Trinajstić information content (AvgIpc) is 3.04. The third-order valence-corrected chi connectivity index (χ3v) is 7.18. The van der Waals surface area contributed by atoms with Gasteiger partial charge in [0, 0.05) is 44.7 Å². The lowest BCUT2D eigenvalue weighted by atomic mass is 10.3. The van der Waals surface area contributed by atoms with Crippen LogP contribution in [0, 0.1) is 0 Å². The van der Waals surface area contributed by atoms with Crippen molar-refractivity contribution in [3.63, 3.8) is 0 Å². The molecule has 0 saturated heterocycles. The van der Waals surface area contributed by atoms with E-state index in [9.17, 15) is 4.79 Å². The van der Waals surface area contributed by atoms with Crippen molar-refractivity contribution in [2.24, 2.45) is 0 Å². The molecule has 6 rings (SSSR count). The molecule has 0 unspecified atom stereocenters. The fourth-order valence-electron chi connectivity index (χ4n) is 4.05. The number of carbonyl (C=O) groups is 1. The van der Waals surface area contributed by atoms with Gasteiger partial charge in [-0.15, -0.1) is 0 Å². The molecule has 0 radical (unpaired) electrons. The van der Waals surface area contributed by atoms with E-state index in [1.807, 2.05) is 84.9 Å². The zero-order chi connectivity index (χ0) is 33.0. The first kappa shape index (κ1) is 32.1. The highest BCUT2D eigenvalue weighted by Crippen LogP contribution is 2.34. The summed E-state index contributed by atoms with van der Waals surface area (Å²) in [5.74, 6) is 3.67. The summed E-state index contributed by atoms with van der Waals surface area (Å²) in [6.45, 7) is 0. The number of ether oxygens (including phenoxy) is 4. The SMILES string of the molecule is Nc1ccc(OC(=O)Oc2ccc(N)cc2)cc1.Nc1cccc(Oc2cccc(Sc3cccc(Oc4cccc(N)c4)c3)c2)c1. The van der Waals surface area contributed by atoms with Gasteiger partial charge in [-0.05, 0) is 109 Å². The molecule has 0 spiro atoms. The van der Waals surface area contributed by atoms with Crippen molar-refractivity contribution in [1.29, 1.82) is 0 Å². The molecule has 0 heterocycles. The van der Waals surface area contributed by atoms with Crippen LogP contribution in [0.15, 0.2) is 155 Å². The van der Waals surface area contributed by atoms with Crippen LogP contribution in [-0.2, 0) is 0 Å². The molecule has 10 heteroatoms. The van der Waals surface area contributed by atoms with Crippen LogP contribution in [-0.4, -0.2) is 6.16 Å². The summed E-state index contributed by atoms with van der Waals surface area (Å²) < 4.78 is 21.8. The Morgan fingerprint density at radius 2 is 0.766 bits per heavy atom. The van der Waals surface area contributed by atoms with Crippen molar-refractivity contribution in [2.45, 2.75) is 9.79 Å². The van der Waals surface area contributed by atoms with Crippen LogP contribution < -0.4 is 41.9 Å². The molecule has 0 atom stereocenters. The van der Waals surface area contributed by atoms with Crippen LogP contribution in [0.2, 0.25) is 0 Å². The van der Waals surface area contributed by atoms with Crippen molar-refractivity contribution in [2.75, 3.05) is 22.9 Å². The zero-order valence-electron chi connectivity index (χ0n) is 25.1. The molecular formula is C37H32N4O5S. The van der Waals surface area contributed by atoms with E-state index < -0.39 is 6.16 Å². The van der Waals surface area contributed by atoms with E-state index in [4.69, 9.17) is 41.9 Å². The van der Waals surface area contributed by atoms with Crippen LogP contribution in [0.4, 0.5) is 27.5 Å². The van der Waals surface area contributed by atoms with Gasteiger partial charge in [-0.25, -0.2) is 4.79 Å². The number of nitrogens with two attached hydrogens (primary N) is 4. The second-order valence-corrected chi connectivity index (χ2v) is 11.1. The van der Waals surface area contributed by atoms with Crippen LogP contribution in [0.1, 0.15) is 0 Å². The van der Waals surface area contributed by atoms with Gasteiger partial charge in [0.05, 0.1) is 0 Å². The predicted octanol–water partition coefficient (Wildman–Crippen LogP) is 9.02. The largest absolute Gasteiger partial charge is 0.519 e. The first-order valence-electron chi connectivity index (χ1n) is 14.3. The van der Waals surface area contributed by atoms with Gasteiger partial charge in [0.1, 0.15) is 34.5 Å². The van der Waals surface area contributed by atoms with Gasteiger partial charge in [0.25, 0.3) is 0 Å². The second-order valence-electron chi connectivity index (χ2n) is 9.99. The third kappa shape index (κ3) is 10.4. The fourth-order valence-corrected chi connectivity index (χ4v) is 4.97. The minimum absolute atomic E-state index is 0.365. The summed E-state index contributed by atoms with van der Waals surface area (Å²) in [6.07, 6.45) is -0.815. The van der Waals surface area contributed by atoms with E-state index in [2.05, 4.69) is 0 Å². The summed E-state index contributed by atoms with van der Waals surface area (Å²) >= 11 is 1.63. The molecule has 0 saturated carbocycles. The quantitative estimate of drug-likeness (QED) is 0.0715. The Balaban J connectivity index is 0.000000207. The lowest BCUT2D eigenvalue weighted by Crippen LogP contribution is -2.13. The highest BCUT2D eigenvalue weighted by Gasteiger charge is 2.08. The Morgan fingerprint density at radius 3 is 1.15 bits per heavy atom. The topological polar surface area (TPSA) is 158 Å². The minimum atomic E-state index is -0.815. The van der Waals surface area contributed by atoms with Gasteiger partial charge >= 0.3 is 6.16 Å². The molecule has 0 aliphatic carbocycles. The molecular weight excluding hydrogens is 612 g/mol. The maximum Gasteiger partial charge on any atom is 0.519 e. The number of hydrogen-bond donors (Lipinski definition) is 4. The molecule has 6 aromatic carbocycles. The van der Waals surface area contributed by atoms with E-state index in [-0.39, 0.29) is 0 Å². The molecule has 0 fully saturated rings. The molecule has 0 aliphatic rings. The molecule has 0 aliphatic heterocycles. The fraction of sp³-hybridized carbons (Fsp3) is 0. The van der Waals surface area contributed by atoms with Crippen molar-refractivity contribution >= 4 is 40.7 Å². The number of nitrogen functional groups attached to an aromatic ring is 4. The van der Waals surface area contributed by atoms with Crippen molar-refractivity contribution in [3.8, 4) is 34.5 Å². The lowest BCUT2D eigenvalue weighted by molar-refractivity contribution is 0.152. The number of benzene rings is 6. The Hall–Kier alpha value is -6.26. The smallest absolute Gasteiger partial charge is 0.457 e. The summed E-state index contributed by atoms with van der Waals surface area (Å²) in [6, 6.07) is 43.5. The van der Waals surface area contributed by atoms with E-state index in [0.717, 1.165) is 21.3 Å². The first-order valence-corrected chi connectivity index (χ1v) is 15.1. The number of hydrogen-bond acceptors (Lipinski definition) is 10. The summed E-state index contributed by atoms with van der Waals surface area (Å²) in [5.41, 5.74) is 25.2. The van der Waals surface area contributed by atoms with Gasteiger partial charge < -0.3 is 41.9 Å². The lowest BCUT2D eigenvalue weighted by Gasteiger charge is -2.10. The summed E-state index contributed by atoms with van der Waals surface area (Å²) in [4.78, 5) is 13.6. The highest BCUT2D eigenvalue weighted by atomic mass is 32.2. The van der Waals surface area contributed by atoms with E-state index >= 15 is 0 Å². The van der Waals surface area contributed by atoms with Crippen molar-refractivity contribution in [1.82, 2.24) is 0 Å². The van der Waals surface area contributed by atoms with Gasteiger partial charge in [0.2, 0.25) is 0 Å². The third-order valence-electron chi connectivity index (χ3n) is 6.20. The monoisotopic (exact) mass is 644 g/mol.